The second kappa shape index (κ2) is 6.11. The molecule has 0 fully saturated rings. The summed E-state index contributed by atoms with van der Waals surface area (Å²) in [6, 6.07) is 5.76. The second-order valence-electron chi connectivity index (χ2n) is 5.35. The third-order valence-corrected chi connectivity index (χ3v) is 3.33. The lowest BCUT2D eigenvalue weighted by atomic mass is 10.1. The molecule has 0 radical (unpaired) electrons. The Balaban J connectivity index is 2.04. The first kappa shape index (κ1) is 15.3. The average molecular weight is 360 g/mol. The molecule has 7 heteroatoms. The molecule has 20 heavy (non-hydrogen) atoms. The van der Waals surface area contributed by atoms with Crippen LogP contribution in [0.15, 0.2) is 27.1 Å². The van der Waals surface area contributed by atoms with Gasteiger partial charge in [-0.3, -0.25) is 0 Å². The molecule has 5 nitrogen and oxygen atoms in total. The highest BCUT2D eigenvalue weighted by Crippen LogP contribution is 2.28. The summed E-state index contributed by atoms with van der Waals surface area (Å²) in [4.78, 5) is 0. The third-order valence-electron chi connectivity index (χ3n) is 2.41. The van der Waals surface area contributed by atoms with Crippen molar-refractivity contribution < 1.29 is 4.42 Å². The first-order chi connectivity index (χ1) is 9.33. The van der Waals surface area contributed by atoms with Crippen LogP contribution in [0.2, 0.25) is 5.02 Å². The summed E-state index contributed by atoms with van der Waals surface area (Å²) in [5.74, 6) is 0.528. The van der Waals surface area contributed by atoms with Gasteiger partial charge in [-0.05, 0) is 54.9 Å². The number of hydrogen-bond acceptors (Lipinski definition) is 5. The fourth-order valence-electron chi connectivity index (χ4n) is 1.42. The Morgan fingerprint density at radius 3 is 2.75 bits per heavy atom. The van der Waals surface area contributed by atoms with Crippen molar-refractivity contribution in [3.05, 3.63) is 33.6 Å². The zero-order valence-electron chi connectivity index (χ0n) is 11.5. The molecule has 2 aromatic rings. The van der Waals surface area contributed by atoms with Crippen LogP contribution < -0.4 is 10.6 Å². The lowest BCUT2D eigenvalue weighted by Crippen LogP contribution is -2.35. The van der Waals surface area contributed by atoms with Crippen LogP contribution in [0.5, 0.6) is 0 Å². The number of nitrogens with zero attached hydrogens (tertiary/aromatic N) is 2. The molecule has 0 aliphatic carbocycles. The van der Waals surface area contributed by atoms with Crippen molar-refractivity contribution in [1.82, 2.24) is 15.5 Å². The van der Waals surface area contributed by atoms with Gasteiger partial charge in [0.2, 0.25) is 5.89 Å². The largest absolute Gasteiger partial charge is 0.406 e. The molecule has 0 spiro atoms. The van der Waals surface area contributed by atoms with Crippen molar-refractivity contribution in [1.29, 1.82) is 0 Å². The highest BCUT2D eigenvalue weighted by molar-refractivity contribution is 9.10. The predicted molar refractivity (Wildman–Crippen MR) is 83.3 cm³/mol. The molecule has 1 aromatic carbocycles. The number of nitrogens with one attached hydrogen (secondary N) is 2. The molecule has 108 valence electrons. The van der Waals surface area contributed by atoms with E-state index in [9.17, 15) is 0 Å². The molecule has 1 heterocycles. The summed E-state index contributed by atoms with van der Waals surface area (Å²) in [5, 5.41) is 14.9. The summed E-state index contributed by atoms with van der Waals surface area (Å²) >= 11 is 9.38. The Kier molecular flexibility index (Phi) is 4.67. The van der Waals surface area contributed by atoms with Crippen molar-refractivity contribution in [2.24, 2.45) is 0 Å². The predicted octanol–water partition coefficient (Wildman–Crippen LogP) is 4.12. The smallest absolute Gasteiger partial charge is 0.320 e. The zero-order valence-corrected chi connectivity index (χ0v) is 13.8. The Morgan fingerprint density at radius 1 is 1.30 bits per heavy atom. The second-order valence-corrected chi connectivity index (χ2v) is 6.64. The number of aromatic nitrogens is 2. The summed E-state index contributed by atoms with van der Waals surface area (Å²) in [5.41, 5.74) is 0.773. The van der Waals surface area contributed by atoms with Gasteiger partial charge in [0.15, 0.2) is 0 Å². The maximum Gasteiger partial charge on any atom is 0.320 e. The average Bonchev–Trinajstić information content (AvgIpc) is 2.78. The van der Waals surface area contributed by atoms with Gasteiger partial charge in [-0.25, -0.2) is 0 Å². The summed E-state index contributed by atoms with van der Waals surface area (Å²) in [7, 11) is 0. The number of hydrogen-bond donors (Lipinski definition) is 2. The van der Waals surface area contributed by atoms with E-state index in [-0.39, 0.29) is 5.54 Å². The topological polar surface area (TPSA) is 63.0 Å². The van der Waals surface area contributed by atoms with E-state index in [1.54, 1.807) is 12.1 Å². The quantitative estimate of drug-likeness (QED) is 0.860. The monoisotopic (exact) mass is 358 g/mol. The molecule has 2 rings (SSSR count). The van der Waals surface area contributed by atoms with E-state index >= 15 is 0 Å². The Hall–Kier alpha value is -1.11. The van der Waals surface area contributed by atoms with Gasteiger partial charge in [0.1, 0.15) is 0 Å². The van der Waals surface area contributed by atoms with Crippen LogP contribution in [0.25, 0.3) is 0 Å². The lowest BCUT2D eigenvalue weighted by molar-refractivity contribution is 0.384. The minimum absolute atomic E-state index is 0.00194. The van der Waals surface area contributed by atoms with E-state index in [1.807, 2.05) is 6.07 Å². The van der Waals surface area contributed by atoms with Gasteiger partial charge >= 0.3 is 6.01 Å². The van der Waals surface area contributed by atoms with Crippen LogP contribution in [-0.2, 0) is 6.54 Å². The lowest BCUT2D eigenvalue weighted by Gasteiger charge is -2.18. The molecule has 1 aromatic heterocycles. The molecule has 0 amide bonds. The molecule has 2 N–H and O–H groups in total. The molecule has 0 bridgehead atoms. The van der Waals surface area contributed by atoms with Crippen molar-refractivity contribution in [3.63, 3.8) is 0 Å². The van der Waals surface area contributed by atoms with Crippen molar-refractivity contribution >= 4 is 39.2 Å². The molecular formula is C13H16BrClN4O. The number of rotatable bonds is 4. The fourth-order valence-corrected chi connectivity index (χ4v) is 1.94. The highest BCUT2D eigenvalue weighted by atomic mass is 79.9. The maximum absolute atomic E-state index is 5.95. The Bertz CT molecular complexity index is 594. The Labute approximate surface area is 131 Å². The summed E-state index contributed by atoms with van der Waals surface area (Å²) < 4.78 is 6.39. The van der Waals surface area contributed by atoms with Crippen LogP contribution in [0.3, 0.4) is 0 Å². The molecule has 0 saturated heterocycles. The van der Waals surface area contributed by atoms with E-state index in [4.69, 9.17) is 16.0 Å². The molecule has 0 saturated carbocycles. The van der Waals surface area contributed by atoms with Crippen LogP contribution in [-0.4, -0.2) is 15.7 Å². The van der Waals surface area contributed by atoms with Crippen LogP contribution in [0.4, 0.5) is 11.7 Å². The maximum atomic E-state index is 5.95. The number of halogens is 2. The Morgan fingerprint density at radius 2 is 2.05 bits per heavy atom. The van der Waals surface area contributed by atoms with Gasteiger partial charge in [-0.15, -0.1) is 5.10 Å². The van der Waals surface area contributed by atoms with Gasteiger partial charge < -0.3 is 15.1 Å². The standard InChI is InChI=1S/C13H16BrClN4O/c1-13(2,3)16-7-11-18-19-12(20-11)17-10-6-8(15)4-5-9(10)14/h4-6,16H,7H2,1-3H3,(H,17,19). The van der Waals surface area contributed by atoms with Crippen LogP contribution in [0.1, 0.15) is 26.7 Å². The van der Waals surface area contributed by atoms with Gasteiger partial charge in [0.25, 0.3) is 0 Å². The minimum Gasteiger partial charge on any atom is -0.406 e. The van der Waals surface area contributed by atoms with Crippen LogP contribution in [0, 0.1) is 0 Å². The van der Waals surface area contributed by atoms with Crippen molar-refractivity contribution in [3.8, 4) is 0 Å². The van der Waals surface area contributed by atoms with E-state index in [1.165, 1.54) is 0 Å². The normalized spacial score (nSPS) is 11.7. The minimum atomic E-state index is -0.00194. The van der Waals surface area contributed by atoms with Crippen molar-refractivity contribution in [2.45, 2.75) is 32.9 Å². The van der Waals surface area contributed by atoms with E-state index in [0.29, 0.717) is 23.5 Å². The van der Waals surface area contributed by atoms with Gasteiger partial charge in [0.05, 0.1) is 12.2 Å². The molecular weight excluding hydrogens is 344 g/mol. The van der Waals surface area contributed by atoms with E-state index in [2.05, 4.69) is 57.5 Å². The highest BCUT2D eigenvalue weighted by Gasteiger charge is 2.12. The van der Waals surface area contributed by atoms with Gasteiger partial charge in [0, 0.05) is 15.0 Å². The van der Waals surface area contributed by atoms with Gasteiger partial charge in [-0.1, -0.05) is 16.7 Å². The zero-order chi connectivity index (χ0) is 14.8. The number of anilines is 2. The van der Waals surface area contributed by atoms with E-state index in [0.717, 1.165) is 10.2 Å². The molecule has 0 aliphatic heterocycles. The third kappa shape index (κ3) is 4.47. The van der Waals surface area contributed by atoms with Crippen LogP contribution >= 0.6 is 27.5 Å². The summed E-state index contributed by atoms with van der Waals surface area (Å²) in [6.07, 6.45) is 0. The first-order valence-electron chi connectivity index (χ1n) is 6.13. The number of benzene rings is 1. The SMILES string of the molecule is CC(C)(C)NCc1nnc(Nc2cc(Cl)ccc2Br)o1. The van der Waals surface area contributed by atoms with Gasteiger partial charge in [-0.2, -0.15) is 0 Å². The van der Waals surface area contributed by atoms with E-state index < -0.39 is 0 Å². The molecule has 0 unspecified atom stereocenters. The molecule has 0 aliphatic rings. The van der Waals surface area contributed by atoms with Crippen molar-refractivity contribution in [2.75, 3.05) is 5.32 Å². The summed E-state index contributed by atoms with van der Waals surface area (Å²) in [6.45, 7) is 6.75. The first-order valence-corrected chi connectivity index (χ1v) is 7.30. The fraction of sp³-hybridized carbons (Fsp3) is 0.385. The molecule has 0 atom stereocenters.